The van der Waals surface area contributed by atoms with E-state index >= 15 is 0 Å². The van der Waals surface area contributed by atoms with Crippen LogP contribution in [0.2, 0.25) is 0 Å². The monoisotopic (exact) mass is 334 g/mol. The lowest BCUT2D eigenvalue weighted by molar-refractivity contribution is -0.115. The number of nitrogens with one attached hydrogen (secondary N) is 1. The number of para-hydroxylation sites is 1. The van der Waals surface area contributed by atoms with Crippen LogP contribution >= 0.6 is 23.1 Å². The van der Waals surface area contributed by atoms with Gasteiger partial charge in [0.25, 0.3) is 0 Å². The summed E-state index contributed by atoms with van der Waals surface area (Å²) in [5, 5.41) is 4.93. The lowest BCUT2D eigenvalue weighted by atomic mass is 9.98. The van der Waals surface area contributed by atoms with Crippen molar-refractivity contribution in [3.63, 3.8) is 0 Å². The quantitative estimate of drug-likeness (QED) is 0.782. The normalized spacial score (nSPS) is 12.5. The van der Waals surface area contributed by atoms with E-state index in [0.29, 0.717) is 5.92 Å². The number of anilines is 1. The molecule has 2 rings (SSSR count). The largest absolute Gasteiger partial charge is 0.325 e. The van der Waals surface area contributed by atoms with E-state index in [-0.39, 0.29) is 11.2 Å². The third-order valence-corrected chi connectivity index (χ3v) is 5.61. The number of thiazole rings is 1. The third-order valence-electron chi connectivity index (χ3n) is 3.42. The fourth-order valence-electron chi connectivity index (χ4n) is 2.16. The summed E-state index contributed by atoms with van der Waals surface area (Å²) in [7, 11) is 0. The molecule has 0 fully saturated rings. The highest BCUT2D eigenvalue weighted by Crippen LogP contribution is 2.30. The Morgan fingerprint density at radius 1 is 1.27 bits per heavy atom. The van der Waals surface area contributed by atoms with Gasteiger partial charge in [-0.15, -0.1) is 11.3 Å². The lowest BCUT2D eigenvalue weighted by Gasteiger charge is -2.18. The fourth-order valence-corrected chi connectivity index (χ4v) is 4.14. The van der Waals surface area contributed by atoms with Crippen LogP contribution in [0.4, 0.5) is 5.69 Å². The molecule has 1 aromatic carbocycles. The van der Waals surface area contributed by atoms with Crippen molar-refractivity contribution >= 4 is 34.7 Å². The van der Waals surface area contributed by atoms with Crippen LogP contribution < -0.4 is 5.32 Å². The van der Waals surface area contributed by atoms with E-state index in [2.05, 4.69) is 30.2 Å². The molecule has 1 atom stereocenters. The summed E-state index contributed by atoms with van der Waals surface area (Å²) >= 11 is 3.09. The Kier molecular flexibility index (Phi) is 5.64. The number of hydrogen-bond acceptors (Lipinski definition) is 4. The fraction of sp³-hybridized carbons (Fsp3) is 0.412. The lowest BCUT2D eigenvalue weighted by Crippen LogP contribution is -2.23. The molecule has 0 aliphatic rings. The van der Waals surface area contributed by atoms with Gasteiger partial charge >= 0.3 is 0 Å². The van der Waals surface area contributed by atoms with Crippen molar-refractivity contribution in [2.45, 2.75) is 50.1 Å². The Bertz CT molecular complexity index is 664. The molecule has 0 saturated heterocycles. The number of benzene rings is 1. The first-order valence-electron chi connectivity index (χ1n) is 7.37. The molecule has 0 unspecified atom stereocenters. The number of amides is 1. The minimum atomic E-state index is -0.176. The second-order valence-corrected chi connectivity index (χ2v) is 8.14. The summed E-state index contributed by atoms with van der Waals surface area (Å²) in [5.41, 5.74) is 4.23. The Balaban J connectivity index is 2.11. The van der Waals surface area contributed by atoms with Crippen molar-refractivity contribution in [2.75, 3.05) is 5.32 Å². The number of aromatic nitrogens is 1. The maximum Gasteiger partial charge on any atom is 0.237 e. The Morgan fingerprint density at radius 2 is 2.00 bits per heavy atom. The molecule has 5 heteroatoms. The minimum absolute atomic E-state index is 0.0223. The molecule has 1 amide bonds. The number of thioether (sulfide) groups is 1. The van der Waals surface area contributed by atoms with Crippen molar-refractivity contribution in [2.24, 2.45) is 0 Å². The van der Waals surface area contributed by atoms with Gasteiger partial charge in [-0.05, 0) is 37.8 Å². The minimum Gasteiger partial charge on any atom is -0.325 e. The van der Waals surface area contributed by atoms with Crippen LogP contribution in [0.3, 0.4) is 0 Å². The summed E-state index contributed by atoms with van der Waals surface area (Å²) in [6, 6.07) is 6.15. The maximum absolute atomic E-state index is 12.5. The standard InChI is InChI=1S/C17H22N2OS2/c1-10(2)14-8-6-7-11(3)15(14)19-16(20)13(5)22-17-18-12(4)9-21-17/h6-10,13H,1-5H3,(H,19,20)/t13-/m1/s1. The molecule has 118 valence electrons. The van der Waals surface area contributed by atoms with Gasteiger partial charge in [-0.1, -0.05) is 43.8 Å². The number of rotatable bonds is 5. The number of aryl methyl sites for hydroxylation is 2. The van der Waals surface area contributed by atoms with Crippen molar-refractivity contribution < 1.29 is 4.79 Å². The molecule has 0 aliphatic carbocycles. The van der Waals surface area contributed by atoms with Gasteiger partial charge in [0.2, 0.25) is 5.91 Å². The molecule has 1 heterocycles. The predicted octanol–water partition coefficient (Wildman–Crippen LogP) is 5.00. The molecule has 2 aromatic rings. The summed E-state index contributed by atoms with van der Waals surface area (Å²) in [6.07, 6.45) is 0. The van der Waals surface area contributed by atoms with Gasteiger partial charge in [-0.3, -0.25) is 4.79 Å². The van der Waals surface area contributed by atoms with Crippen LogP contribution in [0.25, 0.3) is 0 Å². The van der Waals surface area contributed by atoms with E-state index in [1.54, 1.807) is 11.3 Å². The van der Waals surface area contributed by atoms with Crippen LogP contribution in [-0.2, 0) is 4.79 Å². The molecule has 0 aliphatic heterocycles. The number of carbonyl (C=O) groups excluding carboxylic acids is 1. The van der Waals surface area contributed by atoms with Crippen molar-refractivity contribution in [3.8, 4) is 0 Å². The van der Waals surface area contributed by atoms with E-state index in [1.165, 1.54) is 17.3 Å². The topological polar surface area (TPSA) is 42.0 Å². The molecule has 3 nitrogen and oxygen atoms in total. The van der Waals surface area contributed by atoms with E-state index in [9.17, 15) is 4.79 Å². The maximum atomic E-state index is 12.5. The third kappa shape index (κ3) is 4.11. The van der Waals surface area contributed by atoms with Gasteiger partial charge in [-0.25, -0.2) is 4.98 Å². The zero-order chi connectivity index (χ0) is 16.3. The second-order valence-electron chi connectivity index (χ2n) is 5.70. The average molecular weight is 335 g/mol. The van der Waals surface area contributed by atoms with Crippen molar-refractivity contribution in [3.05, 3.63) is 40.4 Å². The summed E-state index contributed by atoms with van der Waals surface area (Å²) in [6.45, 7) is 10.2. The van der Waals surface area contributed by atoms with Crippen molar-refractivity contribution in [1.29, 1.82) is 0 Å². The molecular weight excluding hydrogens is 312 g/mol. The zero-order valence-corrected chi connectivity index (χ0v) is 15.3. The van der Waals surface area contributed by atoms with E-state index in [1.807, 2.05) is 38.3 Å². The predicted molar refractivity (Wildman–Crippen MR) is 96.1 cm³/mol. The van der Waals surface area contributed by atoms with Gasteiger partial charge in [0.15, 0.2) is 4.34 Å². The van der Waals surface area contributed by atoms with Gasteiger partial charge in [0.1, 0.15) is 0 Å². The number of hydrogen-bond donors (Lipinski definition) is 1. The van der Waals surface area contributed by atoms with Crippen LogP contribution in [0, 0.1) is 13.8 Å². The molecule has 0 radical (unpaired) electrons. The summed E-state index contributed by atoms with van der Waals surface area (Å²) in [5.74, 6) is 0.397. The second kappa shape index (κ2) is 7.29. The Hall–Kier alpha value is -1.33. The first kappa shape index (κ1) is 17.0. The first-order valence-corrected chi connectivity index (χ1v) is 9.13. The molecule has 1 N–H and O–H groups in total. The average Bonchev–Trinajstić information content (AvgIpc) is 2.85. The smallest absolute Gasteiger partial charge is 0.237 e. The van der Waals surface area contributed by atoms with Gasteiger partial charge in [0.05, 0.1) is 5.25 Å². The van der Waals surface area contributed by atoms with Crippen molar-refractivity contribution in [1.82, 2.24) is 4.98 Å². The first-order chi connectivity index (χ1) is 10.4. The molecule has 0 bridgehead atoms. The number of carbonyl (C=O) groups is 1. The Labute approximate surface area is 140 Å². The van der Waals surface area contributed by atoms with Crippen LogP contribution in [0.15, 0.2) is 27.9 Å². The molecule has 0 spiro atoms. The van der Waals surface area contributed by atoms with Gasteiger partial charge in [-0.2, -0.15) is 0 Å². The van der Waals surface area contributed by atoms with E-state index in [0.717, 1.165) is 21.3 Å². The molecule has 22 heavy (non-hydrogen) atoms. The Morgan fingerprint density at radius 3 is 2.59 bits per heavy atom. The molecule has 0 saturated carbocycles. The zero-order valence-electron chi connectivity index (χ0n) is 13.6. The highest BCUT2D eigenvalue weighted by Gasteiger charge is 2.19. The van der Waals surface area contributed by atoms with Crippen LogP contribution in [-0.4, -0.2) is 16.1 Å². The van der Waals surface area contributed by atoms with Crippen LogP contribution in [0.5, 0.6) is 0 Å². The molecular formula is C17H22N2OS2. The SMILES string of the molecule is Cc1csc(S[C@H](C)C(=O)Nc2c(C)cccc2C(C)C)n1. The van der Waals surface area contributed by atoms with Gasteiger partial charge in [0, 0.05) is 16.8 Å². The summed E-state index contributed by atoms with van der Waals surface area (Å²) < 4.78 is 0.939. The van der Waals surface area contributed by atoms with Crippen LogP contribution in [0.1, 0.15) is 43.5 Å². The summed E-state index contributed by atoms with van der Waals surface area (Å²) in [4.78, 5) is 16.9. The van der Waals surface area contributed by atoms with E-state index in [4.69, 9.17) is 0 Å². The van der Waals surface area contributed by atoms with E-state index < -0.39 is 0 Å². The highest BCUT2D eigenvalue weighted by molar-refractivity contribution is 8.02. The molecule has 1 aromatic heterocycles. The highest BCUT2D eigenvalue weighted by atomic mass is 32.2. The van der Waals surface area contributed by atoms with Gasteiger partial charge < -0.3 is 5.32 Å². The number of nitrogens with zero attached hydrogens (tertiary/aromatic N) is 1.